The molecule has 0 bridgehead atoms. The Hall–Kier alpha value is -2.55. The molecule has 2 aromatic heterocycles. The van der Waals surface area contributed by atoms with Crippen LogP contribution in [0.25, 0.3) is 11.0 Å². The molecule has 2 heterocycles. The minimum absolute atomic E-state index is 0.216. The number of halogens is 2. The molecule has 3 rings (SSSR count). The summed E-state index contributed by atoms with van der Waals surface area (Å²) in [6.07, 6.45) is 3.29. The molecule has 28 heavy (non-hydrogen) atoms. The molecule has 0 radical (unpaired) electrons. The maximum absolute atomic E-state index is 13.8. The van der Waals surface area contributed by atoms with Crippen molar-refractivity contribution in [2.24, 2.45) is 0 Å². The number of anilines is 1. The number of aryl methyl sites for hydroxylation is 3. The second-order valence-electron chi connectivity index (χ2n) is 6.66. The van der Waals surface area contributed by atoms with Crippen LogP contribution in [0.2, 0.25) is 0 Å². The first-order chi connectivity index (χ1) is 13.2. The molecule has 0 aliphatic heterocycles. The summed E-state index contributed by atoms with van der Waals surface area (Å²) in [4.78, 5) is 8.22. The van der Waals surface area contributed by atoms with Crippen molar-refractivity contribution in [1.82, 2.24) is 14.5 Å². The van der Waals surface area contributed by atoms with Gasteiger partial charge in [-0.2, -0.15) is 0 Å². The van der Waals surface area contributed by atoms with Crippen molar-refractivity contribution in [2.75, 3.05) is 11.5 Å². The number of sulfone groups is 1. The summed E-state index contributed by atoms with van der Waals surface area (Å²) >= 11 is 0. The Bertz CT molecular complexity index is 1130. The van der Waals surface area contributed by atoms with Gasteiger partial charge in [-0.25, -0.2) is 27.2 Å². The highest BCUT2D eigenvalue weighted by Gasteiger charge is 2.20. The zero-order valence-electron chi connectivity index (χ0n) is 15.7. The maximum Gasteiger partial charge on any atom is 0.181 e. The number of rotatable bonds is 7. The molecule has 0 fully saturated rings. The summed E-state index contributed by atoms with van der Waals surface area (Å²) in [5, 5.41) is 0. The Kier molecular flexibility index (Phi) is 5.64. The standard InChI is InChI=1S/C19H22F2N4O2S/c1-3-16-24-17-18(12(2)11-23-19(17)22)25(16)8-4-5-9-28(26,27)15-7-6-13(20)10-14(15)21/h6-7,10-11H,3-5,8-9H2,1-2H3,(H2,22,23). The average Bonchev–Trinajstić information content (AvgIpc) is 3.01. The Morgan fingerprint density at radius 1 is 1.21 bits per heavy atom. The van der Waals surface area contributed by atoms with Gasteiger partial charge in [-0.3, -0.25) is 0 Å². The number of pyridine rings is 1. The molecule has 0 saturated heterocycles. The van der Waals surface area contributed by atoms with E-state index in [1.165, 1.54) is 0 Å². The number of benzene rings is 1. The van der Waals surface area contributed by atoms with Crippen LogP contribution >= 0.6 is 0 Å². The molecule has 0 amide bonds. The SMILES string of the molecule is CCc1nc2c(N)ncc(C)c2n1CCCCS(=O)(=O)c1ccc(F)cc1F. The van der Waals surface area contributed by atoms with E-state index in [2.05, 4.69) is 9.97 Å². The number of hydrogen-bond donors (Lipinski definition) is 1. The van der Waals surface area contributed by atoms with Gasteiger partial charge < -0.3 is 10.3 Å². The normalized spacial score (nSPS) is 12.0. The van der Waals surface area contributed by atoms with E-state index in [4.69, 9.17) is 5.73 Å². The molecule has 3 aromatic rings. The minimum Gasteiger partial charge on any atom is -0.382 e. The second kappa shape index (κ2) is 7.83. The van der Waals surface area contributed by atoms with Gasteiger partial charge in [0.25, 0.3) is 0 Å². The molecule has 0 aliphatic rings. The van der Waals surface area contributed by atoms with Crippen LogP contribution in [0.15, 0.2) is 29.3 Å². The lowest BCUT2D eigenvalue weighted by Gasteiger charge is -2.10. The van der Waals surface area contributed by atoms with Gasteiger partial charge in [0.2, 0.25) is 0 Å². The second-order valence-corrected chi connectivity index (χ2v) is 8.74. The topological polar surface area (TPSA) is 90.9 Å². The van der Waals surface area contributed by atoms with Crippen molar-refractivity contribution in [3.8, 4) is 0 Å². The Morgan fingerprint density at radius 3 is 2.64 bits per heavy atom. The molecule has 0 aliphatic carbocycles. The third-order valence-corrected chi connectivity index (χ3v) is 6.48. The summed E-state index contributed by atoms with van der Waals surface area (Å²) in [5.74, 6) is -0.868. The van der Waals surface area contributed by atoms with E-state index in [9.17, 15) is 17.2 Å². The Balaban J connectivity index is 1.74. The predicted molar refractivity (Wildman–Crippen MR) is 104 cm³/mol. The van der Waals surface area contributed by atoms with Gasteiger partial charge in [-0.15, -0.1) is 0 Å². The highest BCUT2D eigenvalue weighted by atomic mass is 32.2. The van der Waals surface area contributed by atoms with Crippen molar-refractivity contribution in [3.05, 3.63) is 47.4 Å². The van der Waals surface area contributed by atoms with E-state index in [1.54, 1.807) is 6.20 Å². The zero-order valence-corrected chi connectivity index (χ0v) is 16.6. The largest absolute Gasteiger partial charge is 0.382 e. The van der Waals surface area contributed by atoms with E-state index in [0.717, 1.165) is 29.0 Å². The van der Waals surface area contributed by atoms with Gasteiger partial charge in [0.05, 0.1) is 11.3 Å². The van der Waals surface area contributed by atoms with Gasteiger partial charge in [0.15, 0.2) is 15.7 Å². The van der Waals surface area contributed by atoms with Gasteiger partial charge in [-0.05, 0) is 37.5 Å². The Morgan fingerprint density at radius 2 is 1.96 bits per heavy atom. The smallest absolute Gasteiger partial charge is 0.181 e. The third-order valence-electron chi connectivity index (χ3n) is 4.65. The van der Waals surface area contributed by atoms with Gasteiger partial charge in [0.1, 0.15) is 27.9 Å². The lowest BCUT2D eigenvalue weighted by molar-refractivity contribution is 0.546. The lowest BCUT2D eigenvalue weighted by Crippen LogP contribution is -2.11. The van der Waals surface area contributed by atoms with Crippen molar-refractivity contribution in [2.45, 2.75) is 44.6 Å². The highest BCUT2D eigenvalue weighted by molar-refractivity contribution is 7.91. The van der Waals surface area contributed by atoms with Gasteiger partial charge in [0, 0.05) is 25.2 Å². The van der Waals surface area contributed by atoms with Gasteiger partial charge in [-0.1, -0.05) is 6.92 Å². The van der Waals surface area contributed by atoms with Crippen molar-refractivity contribution in [1.29, 1.82) is 0 Å². The fourth-order valence-corrected chi connectivity index (χ4v) is 4.71. The number of hydrogen-bond acceptors (Lipinski definition) is 5. The lowest BCUT2D eigenvalue weighted by atomic mass is 10.2. The summed E-state index contributed by atoms with van der Waals surface area (Å²) in [7, 11) is -3.82. The van der Waals surface area contributed by atoms with E-state index < -0.39 is 26.4 Å². The number of aromatic nitrogens is 3. The van der Waals surface area contributed by atoms with E-state index >= 15 is 0 Å². The van der Waals surface area contributed by atoms with E-state index in [1.807, 2.05) is 18.4 Å². The number of fused-ring (bicyclic) bond motifs is 1. The predicted octanol–water partition coefficient (Wildman–Crippen LogP) is 3.42. The molecule has 2 N–H and O–H groups in total. The first kappa shape index (κ1) is 20.2. The minimum atomic E-state index is -3.82. The molecule has 1 aromatic carbocycles. The van der Waals surface area contributed by atoms with Crippen molar-refractivity contribution >= 4 is 26.7 Å². The quantitative estimate of drug-likeness (QED) is 0.478. The number of nitrogens with two attached hydrogens (primary N) is 1. The average molecular weight is 408 g/mol. The molecule has 0 atom stereocenters. The first-order valence-corrected chi connectivity index (χ1v) is 10.7. The molecule has 9 heteroatoms. The van der Waals surface area contributed by atoms with Crippen LogP contribution in [0.3, 0.4) is 0 Å². The van der Waals surface area contributed by atoms with Crippen LogP contribution in [0.5, 0.6) is 0 Å². The van der Waals surface area contributed by atoms with Crippen molar-refractivity contribution in [3.63, 3.8) is 0 Å². The summed E-state index contributed by atoms with van der Waals surface area (Å²) < 4.78 is 53.5. The number of nitrogens with zero attached hydrogens (tertiary/aromatic N) is 3. The molecular formula is C19H22F2N4O2S. The molecule has 0 unspecified atom stereocenters. The van der Waals surface area contributed by atoms with E-state index in [0.29, 0.717) is 43.2 Å². The monoisotopic (exact) mass is 408 g/mol. The van der Waals surface area contributed by atoms with Crippen LogP contribution in [0.1, 0.15) is 31.2 Å². The van der Waals surface area contributed by atoms with Crippen LogP contribution in [0, 0.1) is 18.6 Å². The summed E-state index contributed by atoms with van der Waals surface area (Å²) in [6.45, 7) is 4.47. The molecule has 0 saturated carbocycles. The molecule has 6 nitrogen and oxygen atoms in total. The third kappa shape index (κ3) is 3.84. The fraction of sp³-hybridized carbons (Fsp3) is 0.368. The molecule has 0 spiro atoms. The molecule has 150 valence electrons. The van der Waals surface area contributed by atoms with Crippen molar-refractivity contribution < 1.29 is 17.2 Å². The Labute approximate surface area is 162 Å². The summed E-state index contributed by atoms with van der Waals surface area (Å²) in [5.41, 5.74) is 8.43. The number of unbranched alkanes of at least 4 members (excludes halogenated alkanes) is 1. The summed E-state index contributed by atoms with van der Waals surface area (Å²) in [6, 6.07) is 2.50. The van der Waals surface area contributed by atoms with Crippen LogP contribution in [0.4, 0.5) is 14.6 Å². The van der Waals surface area contributed by atoms with Gasteiger partial charge >= 0.3 is 0 Å². The van der Waals surface area contributed by atoms with E-state index in [-0.39, 0.29) is 5.75 Å². The van der Waals surface area contributed by atoms with Crippen LogP contribution in [-0.4, -0.2) is 28.7 Å². The fourth-order valence-electron chi connectivity index (χ4n) is 3.28. The number of imidazole rings is 1. The van der Waals surface area contributed by atoms with Crippen LogP contribution < -0.4 is 5.73 Å². The zero-order chi connectivity index (χ0) is 20.5. The molecular weight excluding hydrogens is 386 g/mol. The van der Waals surface area contributed by atoms with Crippen LogP contribution in [-0.2, 0) is 22.8 Å². The highest BCUT2D eigenvalue weighted by Crippen LogP contribution is 2.25. The maximum atomic E-state index is 13.8. The first-order valence-electron chi connectivity index (χ1n) is 9.02. The number of nitrogen functional groups attached to an aromatic ring is 1.